The van der Waals surface area contributed by atoms with Crippen molar-refractivity contribution >= 4 is 22.9 Å². The molecular weight excluding hydrogens is 269 g/mol. The quantitative estimate of drug-likeness (QED) is 0.304. The SMILES string of the molecule is CN(N)CCCN(I)CCCO. The number of rotatable bonds is 7. The van der Waals surface area contributed by atoms with E-state index in [2.05, 4.69) is 26.0 Å². The van der Waals surface area contributed by atoms with Crippen molar-refractivity contribution in [2.24, 2.45) is 5.84 Å². The van der Waals surface area contributed by atoms with Crippen LogP contribution >= 0.6 is 22.9 Å². The highest BCUT2D eigenvalue weighted by atomic mass is 127. The average Bonchev–Trinajstić information content (AvgIpc) is 2.00. The van der Waals surface area contributed by atoms with Crippen LogP contribution in [0.3, 0.4) is 0 Å². The molecule has 5 heteroatoms. The van der Waals surface area contributed by atoms with Gasteiger partial charge >= 0.3 is 0 Å². The van der Waals surface area contributed by atoms with Gasteiger partial charge in [-0.25, -0.2) is 3.11 Å². The van der Waals surface area contributed by atoms with Crippen LogP contribution in [0.2, 0.25) is 0 Å². The van der Waals surface area contributed by atoms with Gasteiger partial charge in [0.2, 0.25) is 0 Å². The molecule has 0 rings (SSSR count). The minimum absolute atomic E-state index is 0.274. The highest BCUT2D eigenvalue weighted by Gasteiger charge is 1.99. The van der Waals surface area contributed by atoms with E-state index in [0.29, 0.717) is 0 Å². The molecular formula is C7H18IN3O. The van der Waals surface area contributed by atoms with Gasteiger partial charge in [-0.05, 0) is 12.8 Å². The molecule has 0 atom stereocenters. The predicted octanol–water partition coefficient (Wildman–Crippen LogP) is 0.216. The Kier molecular flexibility index (Phi) is 8.57. The van der Waals surface area contributed by atoms with E-state index in [9.17, 15) is 0 Å². The third-order valence-electron chi connectivity index (χ3n) is 1.47. The number of nitrogens with zero attached hydrogens (tertiary/aromatic N) is 2. The van der Waals surface area contributed by atoms with Gasteiger partial charge in [0.05, 0.1) is 0 Å². The van der Waals surface area contributed by atoms with E-state index in [1.165, 1.54) is 0 Å². The highest BCUT2D eigenvalue weighted by molar-refractivity contribution is 14.1. The second-order valence-electron chi connectivity index (χ2n) is 2.82. The van der Waals surface area contributed by atoms with Crippen LogP contribution in [-0.4, -0.2) is 46.5 Å². The fourth-order valence-electron chi connectivity index (χ4n) is 0.846. The summed E-state index contributed by atoms with van der Waals surface area (Å²) in [5.74, 6) is 5.45. The summed E-state index contributed by atoms with van der Waals surface area (Å²) in [6.45, 7) is 3.17. The fourth-order valence-corrected chi connectivity index (χ4v) is 1.53. The Balaban J connectivity index is 3.13. The smallest absolute Gasteiger partial charge is 0.0443 e. The van der Waals surface area contributed by atoms with E-state index < -0.39 is 0 Å². The summed E-state index contributed by atoms with van der Waals surface area (Å²) in [7, 11) is 1.87. The minimum atomic E-state index is 0.274. The van der Waals surface area contributed by atoms with Crippen LogP contribution in [0.1, 0.15) is 12.8 Å². The van der Waals surface area contributed by atoms with Gasteiger partial charge in [-0.2, -0.15) is 0 Å². The summed E-state index contributed by atoms with van der Waals surface area (Å²) in [5, 5.41) is 10.3. The first kappa shape index (κ1) is 12.6. The Morgan fingerprint density at radius 2 is 1.83 bits per heavy atom. The topological polar surface area (TPSA) is 52.7 Å². The lowest BCUT2D eigenvalue weighted by molar-refractivity contribution is 0.272. The third-order valence-corrected chi connectivity index (χ3v) is 2.44. The Morgan fingerprint density at radius 3 is 2.33 bits per heavy atom. The summed E-state index contributed by atoms with van der Waals surface area (Å²) in [6, 6.07) is 0. The summed E-state index contributed by atoms with van der Waals surface area (Å²) in [5.41, 5.74) is 0. The van der Waals surface area contributed by atoms with Crippen molar-refractivity contribution in [1.29, 1.82) is 0 Å². The Hall–Kier alpha value is 0.570. The zero-order valence-corrected chi connectivity index (χ0v) is 9.70. The van der Waals surface area contributed by atoms with Crippen LogP contribution in [0.25, 0.3) is 0 Å². The molecule has 4 nitrogen and oxygen atoms in total. The first-order valence-corrected chi connectivity index (χ1v) is 5.10. The van der Waals surface area contributed by atoms with Crippen molar-refractivity contribution in [2.45, 2.75) is 12.8 Å². The van der Waals surface area contributed by atoms with Crippen molar-refractivity contribution in [2.75, 3.05) is 33.3 Å². The molecule has 0 spiro atoms. The molecule has 3 N–H and O–H groups in total. The van der Waals surface area contributed by atoms with Crippen molar-refractivity contribution < 1.29 is 5.11 Å². The number of hydrogen-bond donors (Lipinski definition) is 2. The Morgan fingerprint density at radius 1 is 1.25 bits per heavy atom. The molecule has 0 heterocycles. The second kappa shape index (κ2) is 8.18. The lowest BCUT2D eigenvalue weighted by Crippen LogP contribution is -2.29. The standard InChI is InChI=1S/C7H18IN3O/c1-10(9)4-2-5-11(8)6-3-7-12/h12H,2-7,9H2,1H3. The maximum atomic E-state index is 8.57. The highest BCUT2D eigenvalue weighted by Crippen LogP contribution is 2.01. The van der Waals surface area contributed by atoms with Gasteiger partial charge in [0.25, 0.3) is 0 Å². The maximum absolute atomic E-state index is 8.57. The molecule has 0 aromatic rings. The summed E-state index contributed by atoms with van der Waals surface area (Å²) in [6.07, 6.45) is 1.92. The second-order valence-corrected chi connectivity index (χ2v) is 4.19. The number of nitrogens with two attached hydrogens (primary N) is 1. The van der Waals surface area contributed by atoms with Crippen LogP contribution in [-0.2, 0) is 0 Å². The molecule has 0 amide bonds. The molecule has 0 aliphatic carbocycles. The number of hydrogen-bond acceptors (Lipinski definition) is 4. The predicted molar refractivity (Wildman–Crippen MR) is 58.7 cm³/mol. The summed E-state index contributed by atoms with van der Waals surface area (Å²) in [4.78, 5) is 0. The zero-order chi connectivity index (χ0) is 9.40. The third kappa shape index (κ3) is 8.66. The molecule has 0 radical (unpaired) electrons. The average molecular weight is 287 g/mol. The molecule has 0 bridgehead atoms. The molecule has 0 aromatic heterocycles. The van der Waals surface area contributed by atoms with Gasteiger partial charge in [0, 0.05) is 56.2 Å². The van der Waals surface area contributed by atoms with Gasteiger partial charge in [-0.15, -0.1) is 0 Å². The number of aliphatic hydroxyl groups excluding tert-OH is 1. The largest absolute Gasteiger partial charge is 0.396 e. The van der Waals surface area contributed by atoms with Crippen molar-refractivity contribution in [1.82, 2.24) is 8.12 Å². The summed E-state index contributed by atoms with van der Waals surface area (Å²) >= 11 is 2.27. The molecule has 0 saturated carbocycles. The van der Waals surface area contributed by atoms with E-state index in [1.807, 2.05) is 7.05 Å². The van der Waals surface area contributed by atoms with Crippen LogP contribution in [0.4, 0.5) is 0 Å². The first-order chi connectivity index (χ1) is 5.66. The normalized spacial score (nSPS) is 11.5. The van der Waals surface area contributed by atoms with Crippen molar-refractivity contribution in [3.8, 4) is 0 Å². The number of halogens is 1. The molecule has 0 aromatic carbocycles. The van der Waals surface area contributed by atoms with E-state index in [0.717, 1.165) is 32.5 Å². The van der Waals surface area contributed by atoms with E-state index >= 15 is 0 Å². The Labute approximate surface area is 88.2 Å². The molecule has 0 saturated heterocycles. The molecule has 0 aliphatic rings. The van der Waals surface area contributed by atoms with E-state index in [-0.39, 0.29) is 6.61 Å². The van der Waals surface area contributed by atoms with Gasteiger partial charge in [-0.1, -0.05) is 0 Å². The molecule has 0 aliphatic heterocycles. The van der Waals surface area contributed by atoms with E-state index in [4.69, 9.17) is 10.9 Å². The monoisotopic (exact) mass is 287 g/mol. The fraction of sp³-hybridized carbons (Fsp3) is 1.00. The molecule has 12 heavy (non-hydrogen) atoms. The van der Waals surface area contributed by atoms with Gasteiger partial charge in [-0.3, -0.25) is 10.9 Å². The lowest BCUT2D eigenvalue weighted by Gasteiger charge is -2.15. The van der Waals surface area contributed by atoms with Gasteiger partial charge in [0.15, 0.2) is 0 Å². The number of hydrazine groups is 1. The van der Waals surface area contributed by atoms with Crippen LogP contribution < -0.4 is 5.84 Å². The lowest BCUT2D eigenvalue weighted by atomic mass is 10.4. The Bertz CT molecular complexity index is 103. The number of aliphatic hydroxyl groups is 1. The minimum Gasteiger partial charge on any atom is -0.396 e. The molecule has 0 fully saturated rings. The maximum Gasteiger partial charge on any atom is 0.0443 e. The van der Waals surface area contributed by atoms with Crippen molar-refractivity contribution in [3.63, 3.8) is 0 Å². The first-order valence-electron chi connectivity index (χ1n) is 4.14. The van der Waals surface area contributed by atoms with Crippen molar-refractivity contribution in [3.05, 3.63) is 0 Å². The van der Waals surface area contributed by atoms with Gasteiger partial charge < -0.3 is 5.11 Å². The molecule has 74 valence electrons. The molecule has 0 unspecified atom stereocenters. The van der Waals surface area contributed by atoms with E-state index in [1.54, 1.807) is 5.01 Å². The van der Waals surface area contributed by atoms with Crippen LogP contribution in [0.15, 0.2) is 0 Å². The van der Waals surface area contributed by atoms with Gasteiger partial charge in [0.1, 0.15) is 0 Å². The van der Waals surface area contributed by atoms with Crippen LogP contribution in [0.5, 0.6) is 0 Å². The zero-order valence-electron chi connectivity index (χ0n) is 7.54. The van der Waals surface area contributed by atoms with Crippen LogP contribution in [0, 0.1) is 0 Å². The summed E-state index contributed by atoms with van der Waals surface area (Å²) < 4.78 is 2.18.